The van der Waals surface area contributed by atoms with E-state index < -0.39 is 5.41 Å². The van der Waals surface area contributed by atoms with Crippen LogP contribution in [0, 0.1) is 17.2 Å². The van der Waals surface area contributed by atoms with E-state index in [2.05, 4.69) is 58.0 Å². The van der Waals surface area contributed by atoms with Gasteiger partial charge in [0.2, 0.25) is 5.91 Å². The highest BCUT2D eigenvalue weighted by Gasteiger charge is 2.44. The lowest BCUT2D eigenvalue weighted by Crippen LogP contribution is -2.39. The van der Waals surface area contributed by atoms with E-state index in [9.17, 15) is 15.2 Å². The summed E-state index contributed by atoms with van der Waals surface area (Å²) in [6, 6.07) is 25.4. The predicted molar refractivity (Wildman–Crippen MR) is 200 cm³/mol. The summed E-state index contributed by atoms with van der Waals surface area (Å²) in [4.78, 5) is 13.5. The van der Waals surface area contributed by atoms with Crippen LogP contribution >= 0.6 is 11.6 Å². The fourth-order valence-corrected chi connectivity index (χ4v) is 7.04. The monoisotopic (exact) mass is 721 g/mol. The fraction of sp³-hybridized carbons (Fsp3) is 0.341. The van der Waals surface area contributed by atoms with Crippen LogP contribution in [0.25, 0.3) is 5.57 Å². The van der Waals surface area contributed by atoms with Gasteiger partial charge in [0, 0.05) is 69.8 Å². The van der Waals surface area contributed by atoms with Crippen molar-refractivity contribution in [2.24, 2.45) is 5.92 Å². The van der Waals surface area contributed by atoms with Gasteiger partial charge in [-0.05, 0) is 41.3 Å². The highest BCUT2D eigenvalue weighted by atomic mass is 35.5. The molecule has 52 heavy (non-hydrogen) atoms. The Kier molecular flexibility index (Phi) is 12.1. The van der Waals surface area contributed by atoms with Crippen LogP contribution < -0.4 is 20.1 Å². The number of carbonyl (C=O) groups excluding carboxylic acids is 1. The number of ether oxygens (including phenoxy) is 2. The summed E-state index contributed by atoms with van der Waals surface area (Å²) < 4.78 is 19.2. The Labute approximate surface area is 309 Å². The second-order valence-corrected chi connectivity index (χ2v) is 13.8. The number of likely N-dealkylation sites (tertiary alicyclic amines) is 1. The van der Waals surface area contributed by atoms with Gasteiger partial charge < -0.3 is 29.7 Å². The molecule has 2 heterocycles. The molecule has 1 amide bonds. The number of nitrogens with zero attached hydrogens (tertiary/aromatic N) is 3. The Morgan fingerprint density at radius 3 is 2.73 bits per heavy atom. The van der Waals surface area contributed by atoms with E-state index >= 15 is 0 Å². The number of nitriles is 1. The molecule has 2 unspecified atom stereocenters. The number of nitrogens with one attached hydrogen (secondary N) is 2. The molecule has 3 atom stereocenters. The van der Waals surface area contributed by atoms with Crippen molar-refractivity contribution in [3.8, 4) is 17.6 Å². The molecule has 3 N–H and O–H groups in total. The van der Waals surface area contributed by atoms with Crippen LogP contribution in [0.15, 0.2) is 95.5 Å². The van der Waals surface area contributed by atoms with Crippen LogP contribution in [0.5, 0.6) is 11.5 Å². The minimum absolute atomic E-state index is 0.0664. The number of β-amino-alcohol motifs (C(OH)–C–C–N with tert-alkyl or cyclic N) is 1. The molecule has 3 aromatic carbocycles. The molecule has 0 radical (unpaired) electrons. The van der Waals surface area contributed by atoms with E-state index in [4.69, 9.17) is 25.6 Å². The number of allylic oxidation sites excluding steroid dienone is 3. The lowest BCUT2D eigenvalue weighted by atomic mass is 9.67. The third-order valence-corrected chi connectivity index (χ3v) is 9.99. The molecule has 270 valence electrons. The number of benzene rings is 3. The Hall–Kier alpha value is -4.92. The molecular weight excluding hydrogens is 678 g/mol. The average Bonchev–Trinajstić information content (AvgIpc) is 3.80. The van der Waals surface area contributed by atoms with Crippen LogP contribution in [0.1, 0.15) is 54.0 Å². The number of carbonyl (C=O) groups is 1. The van der Waals surface area contributed by atoms with Crippen LogP contribution in [0.4, 0.5) is 0 Å². The molecule has 1 saturated heterocycles. The standard InChI is InChI=1S/C41H44ClN5O5/c1-28-36(32-10-4-3-5-11-32)12-7-14-41(28,40-20-34(46-52-40)24-47-17-13-35(49)25-47)27-51-39-21-38(50-26-31-9-6-8-30(18-31)22-43)33(19-37(39)42)23-44-15-16-45-29(2)48/h3-12,14,18-21,28,35,44,49H,13,15-17,23-27H2,1-2H3,(H,45,48)/t28-,35?,41?/m1/s1. The summed E-state index contributed by atoms with van der Waals surface area (Å²) in [5, 5.41) is 30.5. The summed E-state index contributed by atoms with van der Waals surface area (Å²) in [6.45, 7) is 7.58. The second kappa shape index (κ2) is 17.1. The first-order chi connectivity index (χ1) is 25.2. The third kappa shape index (κ3) is 8.92. The first-order valence-corrected chi connectivity index (χ1v) is 18.0. The topological polar surface area (TPSA) is 133 Å². The van der Waals surface area contributed by atoms with Crippen LogP contribution in [-0.2, 0) is 29.9 Å². The van der Waals surface area contributed by atoms with Crippen molar-refractivity contribution < 1.29 is 23.9 Å². The van der Waals surface area contributed by atoms with Crippen molar-refractivity contribution in [3.63, 3.8) is 0 Å². The minimum Gasteiger partial charge on any atom is -0.490 e. The normalized spacial score (nSPS) is 19.9. The fourth-order valence-electron chi connectivity index (χ4n) is 6.79. The van der Waals surface area contributed by atoms with E-state index in [0.717, 1.165) is 40.9 Å². The van der Waals surface area contributed by atoms with Crippen molar-refractivity contribution >= 4 is 23.1 Å². The molecule has 1 aliphatic carbocycles. The van der Waals surface area contributed by atoms with E-state index in [-0.39, 0.29) is 31.1 Å². The Morgan fingerprint density at radius 2 is 1.96 bits per heavy atom. The molecule has 0 bridgehead atoms. The van der Waals surface area contributed by atoms with Gasteiger partial charge in [0.05, 0.1) is 33.9 Å². The highest BCUT2D eigenvalue weighted by molar-refractivity contribution is 6.32. The summed E-state index contributed by atoms with van der Waals surface area (Å²) in [5.41, 5.74) is 4.54. The maximum Gasteiger partial charge on any atom is 0.216 e. The number of aliphatic hydroxyl groups excluding tert-OH is 1. The van der Waals surface area contributed by atoms with E-state index in [1.165, 1.54) is 6.92 Å². The summed E-state index contributed by atoms with van der Waals surface area (Å²) >= 11 is 6.93. The molecular formula is C41H44ClN5O5. The summed E-state index contributed by atoms with van der Waals surface area (Å²) in [6.07, 6.45) is 6.73. The quantitative estimate of drug-likeness (QED) is 0.123. The van der Waals surface area contributed by atoms with E-state index in [1.807, 2.05) is 54.6 Å². The average molecular weight is 722 g/mol. The summed E-state index contributed by atoms with van der Waals surface area (Å²) in [5.74, 6) is 1.55. The highest BCUT2D eigenvalue weighted by Crippen LogP contribution is 2.46. The molecule has 2 aliphatic rings. The number of hydrogen-bond acceptors (Lipinski definition) is 9. The maximum absolute atomic E-state index is 11.3. The smallest absolute Gasteiger partial charge is 0.216 e. The van der Waals surface area contributed by atoms with Gasteiger partial charge in [-0.25, -0.2) is 0 Å². The third-order valence-electron chi connectivity index (χ3n) is 9.69. The first kappa shape index (κ1) is 36.9. The Bertz CT molecular complexity index is 1950. The van der Waals surface area contributed by atoms with Crippen molar-refractivity contribution in [2.45, 2.75) is 51.5 Å². The number of aromatic nitrogens is 1. The lowest BCUT2D eigenvalue weighted by molar-refractivity contribution is -0.118. The molecule has 6 rings (SSSR count). The largest absolute Gasteiger partial charge is 0.490 e. The van der Waals surface area contributed by atoms with Crippen molar-refractivity contribution in [2.75, 3.05) is 32.8 Å². The molecule has 10 nitrogen and oxygen atoms in total. The second-order valence-electron chi connectivity index (χ2n) is 13.4. The van der Waals surface area contributed by atoms with Gasteiger partial charge >= 0.3 is 0 Å². The molecule has 0 spiro atoms. The number of rotatable bonds is 15. The van der Waals surface area contributed by atoms with Gasteiger partial charge in [-0.2, -0.15) is 5.26 Å². The predicted octanol–water partition coefficient (Wildman–Crippen LogP) is 6.18. The molecule has 4 aromatic rings. The summed E-state index contributed by atoms with van der Waals surface area (Å²) in [7, 11) is 0. The first-order valence-electron chi connectivity index (χ1n) is 17.6. The van der Waals surface area contributed by atoms with Gasteiger partial charge in [0.1, 0.15) is 24.7 Å². The number of halogens is 1. The zero-order valence-corrected chi connectivity index (χ0v) is 30.2. The number of aliphatic hydroxyl groups is 1. The number of hydrogen-bond donors (Lipinski definition) is 3. The Balaban J connectivity index is 1.28. The zero-order chi connectivity index (χ0) is 36.5. The van der Waals surface area contributed by atoms with E-state index in [0.29, 0.717) is 60.6 Å². The van der Waals surface area contributed by atoms with Gasteiger partial charge in [0.15, 0.2) is 5.76 Å². The Morgan fingerprint density at radius 1 is 1.12 bits per heavy atom. The van der Waals surface area contributed by atoms with Crippen LogP contribution in [0.2, 0.25) is 5.02 Å². The van der Waals surface area contributed by atoms with Crippen LogP contribution in [-0.4, -0.2) is 60.0 Å². The molecule has 0 saturated carbocycles. The van der Waals surface area contributed by atoms with Crippen LogP contribution in [0.3, 0.4) is 0 Å². The van der Waals surface area contributed by atoms with Crippen molar-refractivity contribution in [3.05, 3.63) is 130 Å². The van der Waals surface area contributed by atoms with Gasteiger partial charge in [0.25, 0.3) is 0 Å². The minimum atomic E-state index is -0.734. The lowest BCUT2D eigenvalue weighted by Gasteiger charge is -2.38. The molecule has 11 heteroatoms. The van der Waals surface area contributed by atoms with Crippen molar-refractivity contribution in [1.29, 1.82) is 5.26 Å². The van der Waals surface area contributed by atoms with Crippen molar-refractivity contribution in [1.82, 2.24) is 20.7 Å². The zero-order valence-electron chi connectivity index (χ0n) is 29.5. The SMILES string of the molecule is CC(=O)NCCNCc1cc(Cl)c(OCC2(c3cc(CN4CCC(O)C4)no3)C=CC=C(c3ccccc3)[C@H]2C)cc1OCc1cccc(C#N)c1. The maximum atomic E-state index is 11.3. The molecule has 1 aromatic heterocycles. The number of amides is 1. The van der Waals surface area contributed by atoms with Gasteiger partial charge in [-0.3, -0.25) is 9.69 Å². The molecule has 1 fully saturated rings. The van der Waals surface area contributed by atoms with Gasteiger partial charge in [-0.1, -0.05) is 84.4 Å². The molecule has 1 aliphatic heterocycles. The van der Waals surface area contributed by atoms with Gasteiger partial charge in [-0.15, -0.1) is 0 Å². The van der Waals surface area contributed by atoms with E-state index in [1.54, 1.807) is 12.1 Å².